The van der Waals surface area contributed by atoms with Gasteiger partial charge in [-0.25, -0.2) is 0 Å². The third-order valence-corrected chi connectivity index (χ3v) is 3.48. The molecule has 0 spiro atoms. The summed E-state index contributed by atoms with van der Waals surface area (Å²) < 4.78 is 38.1. The molecule has 0 heterocycles. The molecule has 0 aliphatic rings. The zero-order valence-electron chi connectivity index (χ0n) is 11.9. The smallest absolute Gasteiger partial charge is 0.385 e. The van der Waals surface area contributed by atoms with Crippen molar-refractivity contribution in [3.05, 3.63) is 70.8 Å². The molecule has 112 valence electrons. The summed E-state index contributed by atoms with van der Waals surface area (Å²) in [6, 6.07) is 12.4. The second-order valence-electron chi connectivity index (χ2n) is 5.51. The van der Waals surface area contributed by atoms with E-state index in [4.69, 9.17) is 0 Å². The molecule has 2 aromatic rings. The first-order valence-electron chi connectivity index (χ1n) is 6.64. The number of aliphatic hydroxyl groups is 1. The lowest BCUT2D eigenvalue weighted by Crippen LogP contribution is -2.24. The highest BCUT2D eigenvalue weighted by Gasteiger charge is 2.31. The lowest BCUT2D eigenvalue weighted by atomic mass is 9.88. The van der Waals surface area contributed by atoms with Gasteiger partial charge in [-0.2, -0.15) is 13.2 Å². The average Bonchev–Trinajstić information content (AvgIpc) is 2.38. The topological polar surface area (TPSA) is 20.2 Å². The van der Waals surface area contributed by atoms with Crippen molar-refractivity contribution in [3.8, 4) is 0 Å². The van der Waals surface area contributed by atoms with Crippen molar-refractivity contribution in [2.24, 2.45) is 0 Å². The third-order valence-electron chi connectivity index (χ3n) is 3.48. The summed E-state index contributed by atoms with van der Waals surface area (Å²) in [7, 11) is 0. The molecule has 0 fully saturated rings. The fourth-order valence-corrected chi connectivity index (χ4v) is 2.27. The molecule has 0 radical (unpaired) electrons. The Hall–Kier alpha value is -1.81. The third kappa shape index (κ3) is 3.85. The maximum atomic E-state index is 12.7. The van der Waals surface area contributed by atoms with Crippen LogP contribution in [-0.4, -0.2) is 5.11 Å². The van der Waals surface area contributed by atoms with E-state index in [0.717, 1.165) is 17.7 Å². The molecule has 0 aromatic heterocycles. The van der Waals surface area contributed by atoms with E-state index in [2.05, 4.69) is 0 Å². The average molecular weight is 294 g/mol. The standard InChI is InChI=1S/C17H17F3O/c1-12-6-8-14(9-7-12)16(2,21)11-13-4-3-5-15(10-13)17(18,19)20/h3-10,21H,11H2,1-2H3. The molecular weight excluding hydrogens is 277 g/mol. The molecular formula is C17H17F3O. The fraction of sp³-hybridized carbons (Fsp3) is 0.294. The van der Waals surface area contributed by atoms with Crippen LogP contribution in [0.4, 0.5) is 13.2 Å². The monoisotopic (exact) mass is 294 g/mol. The Kier molecular flexibility index (Phi) is 4.10. The highest BCUT2D eigenvalue weighted by atomic mass is 19.4. The molecule has 21 heavy (non-hydrogen) atoms. The molecule has 0 bridgehead atoms. The summed E-state index contributed by atoms with van der Waals surface area (Å²) in [5.74, 6) is 0. The van der Waals surface area contributed by atoms with Crippen molar-refractivity contribution in [3.63, 3.8) is 0 Å². The number of halogens is 3. The van der Waals surface area contributed by atoms with E-state index in [1.54, 1.807) is 25.1 Å². The molecule has 1 nitrogen and oxygen atoms in total. The van der Waals surface area contributed by atoms with Crippen LogP contribution in [0.2, 0.25) is 0 Å². The molecule has 2 aromatic carbocycles. The van der Waals surface area contributed by atoms with E-state index in [0.29, 0.717) is 11.1 Å². The molecule has 0 aliphatic heterocycles. The van der Waals surface area contributed by atoms with Crippen molar-refractivity contribution < 1.29 is 18.3 Å². The second-order valence-corrected chi connectivity index (χ2v) is 5.51. The van der Waals surface area contributed by atoms with Crippen LogP contribution in [0.25, 0.3) is 0 Å². The summed E-state index contributed by atoms with van der Waals surface area (Å²) in [5.41, 5.74) is 0.298. The largest absolute Gasteiger partial charge is 0.416 e. The zero-order valence-corrected chi connectivity index (χ0v) is 11.9. The van der Waals surface area contributed by atoms with E-state index in [1.165, 1.54) is 6.07 Å². The summed E-state index contributed by atoms with van der Waals surface area (Å²) >= 11 is 0. The summed E-state index contributed by atoms with van der Waals surface area (Å²) in [4.78, 5) is 0. The van der Waals surface area contributed by atoms with Gasteiger partial charge in [0.2, 0.25) is 0 Å². The zero-order chi connectivity index (χ0) is 15.7. The Bertz CT molecular complexity index is 613. The number of rotatable bonds is 3. The minimum Gasteiger partial charge on any atom is -0.385 e. The predicted octanol–water partition coefficient (Wildman–Crippen LogP) is 4.46. The Morgan fingerprint density at radius 1 is 0.952 bits per heavy atom. The van der Waals surface area contributed by atoms with E-state index < -0.39 is 17.3 Å². The molecule has 4 heteroatoms. The highest BCUT2D eigenvalue weighted by molar-refractivity contribution is 5.31. The highest BCUT2D eigenvalue weighted by Crippen LogP contribution is 2.31. The van der Waals surface area contributed by atoms with Gasteiger partial charge in [-0.05, 0) is 31.0 Å². The van der Waals surface area contributed by atoms with Gasteiger partial charge in [0.05, 0.1) is 11.2 Å². The predicted molar refractivity (Wildman–Crippen MR) is 75.9 cm³/mol. The van der Waals surface area contributed by atoms with Gasteiger partial charge in [0.1, 0.15) is 0 Å². The molecule has 2 rings (SSSR count). The van der Waals surface area contributed by atoms with Gasteiger partial charge < -0.3 is 5.11 Å². The van der Waals surface area contributed by atoms with Crippen molar-refractivity contribution in [2.75, 3.05) is 0 Å². The second kappa shape index (κ2) is 5.53. The first-order chi connectivity index (χ1) is 9.68. The summed E-state index contributed by atoms with van der Waals surface area (Å²) in [6.45, 7) is 3.54. The summed E-state index contributed by atoms with van der Waals surface area (Å²) in [6.07, 6.45) is -4.24. The molecule has 0 amide bonds. The van der Waals surface area contributed by atoms with Crippen molar-refractivity contribution in [1.29, 1.82) is 0 Å². The van der Waals surface area contributed by atoms with E-state index in [-0.39, 0.29) is 6.42 Å². The Morgan fingerprint density at radius 2 is 1.57 bits per heavy atom. The molecule has 1 N–H and O–H groups in total. The van der Waals surface area contributed by atoms with Gasteiger partial charge in [0.15, 0.2) is 0 Å². The molecule has 1 atom stereocenters. The van der Waals surface area contributed by atoms with E-state index in [1.807, 2.05) is 19.1 Å². The minimum absolute atomic E-state index is 0.125. The number of benzene rings is 2. The maximum absolute atomic E-state index is 12.7. The Labute approximate surface area is 122 Å². The van der Waals surface area contributed by atoms with E-state index >= 15 is 0 Å². The van der Waals surface area contributed by atoms with Gasteiger partial charge in [-0.3, -0.25) is 0 Å². The fourth-order valence-electron chi connectivity index (χ4n) is 2.27. The number of aryl methyl sites for hydroxylation is 1. The van der Waals surface area contributed by atoms with Crippen LogP contribution >= 0.6 is 0 Å². The van der Waals surface area contributed by atoms with Crippen LogP contribution in [0.15, 0.2) is 48.5 Å². The van der Waals surface area contributed by atoms with Crippen molar-refractivity contribution >= 4 is 0 Å². The molecule has 0 saturated carbocycles. The van der Waals surface area contributed by atoms with Crippen LogP contribution in [0, 0.1) is 6.92 Å². The molecule has 0 saturated heterocycles. The van der Waals surface area contributed by atoms with Gasteiger partial charge in [0, 0.05) is 6.42 Å². The van der Waals surface area contributed by atoms with Crippen LogP contribution in [0.5, 0.6) is 0 Å². The normalized spacial score (nSPS) is 14.8. The quantitative estimate of drug-likeness (QED) is 0.886. The SMILES string of the molecule is Cc1ccc(C(C)(O)Cc2cccc(C(F)(F)F)c2)cc1. The van der Waals surface area contributed by atoms with Gasteiger partial charge in [-0.1, -0.05) is 48.0 Å². The Morgan fingerprint density at radius 3 is 2.14 bits per heavy atom. The van der Waals surface area contributed by atoms with Gasteiger partial charge in [0.25, 0.3) is 0 Å². The first-order valence-corrected chi connectivity index (χ1v) is 6.64. The van der Waals surface area contributed by atoms with Crippen LogP contribution in [0.1, 0.15) is 29.2 Å². The number of hydrogen-bond donors (Lipinski definition) is 1. The van der Waals surface area contributed by atoms with E-state index in [9.17, 15) is 18.3 Å². The van der Waals surface area contributed by atoms with Crippen LogP contribution in [-0.2, 0) is 18.2 Å². The number of hydrogen-bond acceptors (Lipinski definition) is 1. The van der Waals surface area contributed by atoms with Crippen LogP contribution < -0.4 is 0 Å². The molecule has 1 unspecified atom stereocenters. The Balaban J connectivity index is 2.26. The number of alkyl halides is 3. The molecule has 0 aliphatic carbocycles. The van der Waals surface area contributed by atoms with Gasteiger partial charge >= 0.3 is 6.18 Å². The van der Waals surface area contributed by atoms with Crippen molar-refractivity contribution in [1.82, 2.24) is 0 Å². The minimum atomic E-state index is -4.37. The lowest BCUT2D eigenvalue weighted by Gasteiger charge is -2.24. The maximum Gasteiger partial charge on any atom is 0.416 e. The summed E-state index contributed by atoms with van der Waals surface area (Å²) in [5, 5.41) is 10.5. The lowest BCUT2D eigenvalue weighted by molar-refractivity contribution is -0.137. The van der Waals surface area contributed by atoms with Crippen molar-refractivity contribution in [2.45, 2.75) is 32.0 Å². The van der Waals surface area contributed by atoms with Gasteiger partial charge in [-0.15, -0.1) is 0 Å². The van der Waals surface area contributed by atoms with Crippen LogP contribution in [0.3, 0.4) is 0 Å². The first kappa shape index (κ1) is 15.6.